The molecule has 0 aliphatic carbocycles. The number of hydrogen-bond acceptors (Lipinski definition) is 5. The molecule has 1 amide bonds. The molecule has 3 aromatic rings. The summed E-state index contributed by atoms with van der Waals surface area (Å²) in [6.07, 6.45) is 0. The number of carbonyl (C=O) groups excluding carboxylic acids is 1. The molecule has 1 fully saturated rings. The predicted molar refractivity (Wildman–Crippen MR) is 125 cm³/mol. The SMILES string of the molecule is COc1ccccc1N1CCN(C(=O)Cn2c(-c3cccc(Cl)c3)nc(C)cc2=O)CC1. The van der Waals surface area contributed by atoms with Crippen LogP contribution in [0.3, 0.4) is 0 Å². The number of hydrogen-bond donors (Lipinski definition) is 0. The molecule has 4 rings (SSSR count). The van der Waals surface area contributed by atoms with Crippen molar-refractivity contribution in [2.45, 2.75) is 13.5 Å². The molecule has 1 saturated heterocycles. The lowest BCUT2D eigenvalue weighted by molar-refractivity contribution is -0.132. The third-order valence-corrected chi connectivity index (χ3v) is 5.81. The van der Waals surface area contributed by atoms with Crippen LogP contribution < -0.4 is 15.2 Å². The van der Waals surface area contributed by atoms with E-state index in [1.54, 1.807) is 37.1 Å². The van der Waals surface area contributed by atoms with Gasteiger partial charge in [0.05, 0.1) is 12.8 Å². The number of methoxy groups -OCH3 is 1. The van der Waals surface area contributed by atoms with Crippen LogP contribution >= 0.6 is 11.6 Å². The number of carbonyl (C=O) groups is 1. The fourth-order valence-corrected chi connectivity index (χ4v) is 4.13. The van der Waals surface area contributed by atoms with Gasteiger partial charge in [0.15, 0.2) is 0 Å². The quantitative estimate of drug-likeness (QED) is 0.594. The van der Waals surface area contributed by atoms with E-state index in [0.717, 1.165) is 11.4 Å². The Labute approximate surface area is 191 Å². The minimum Gasteiger partial charge on any atom is -0.495 e. The Bertz CT molecular complexity index is 1190. The van der Waals surface area contributed by atoms with Crippen LogP contribution in [0.25, 0.3) is 11.4 Å². The summed E-state index contributed by atoms with van der Waals surface area (Å²) in [5.74, 6) is 1.15. The van der Waals surface area contributed by atoms with Crippen LogP contribution in [0.15, 0.2) is 59.4 Å². The molecule has 0 N–H and O–H groups in total. The number of aromatic nitrogens is 2. The van der Waals surface area contributed by atoms with Crippen LogP contribution in [0, 0.1) is 6.92 Å². The Morgan fingerprint density at radius 1 is 1.06 bits per heavy atom. The number of anilines is 1. The largest absolute Gasteiger partial charge is 0.495 e. The van der Waals surface area contributed by atoms with Crippen molar-refractivity contribution in [3.05, 3.63) is 75.7 Å². The monoisotopic (exact) mass is 452 g/mol. The van der Waals surface area contributed by atoms with E-state index >= 15 is 0 Å². The van der Waals surface area contributed by atoms with Gasteiger partial charge in [-0.2, -0.15) is 0 Å². The molecule has 0 atom stereocenters. The summed E-state index contributed by atoms with van der Waals surface area (Å²) in [6.45, 7) is 4.21. The lowest BCUT2D eigenvalue weighted by Crippen LogP contribution is -2.50. The Hall–Kier alpha value is -3.32. The number of aryl methyl sites for hydroxylation is 1. The number of rotatable bonds is 5. The Balaban J connectivity index is 1.51. The van der Waals surface area contributed by atoms with E-state index in [9.17, 15) is 9.59 Å². The second kappa shape index (κ2) is 9.44. The zero-order valence-electron chi connectivity index (χ0n) is 18.1. The van der Waals surface area contributed by atoms with E-state index in [-0.39, 0.29) is 18.0 Å². The lowest BCUT2D eigenvalue weighted by atomic mass is 10.2. The summed E-state index contributed by atoms with van der Waals surface area (Å²) in [6, 6.07) is 16.4. The Morgan fingerprint density at radius 3 is 2.53 bits per heavy atom. The molecule has 0 unspecified atom stereocenters. The van der Waals surface area contributed by atoms with Gasteiger partial charge < -0.3 is 14.5 Å². The van der Waals surface area contributed by atoms with Gasteiger partial charge in [-0.25, -0.2) is 4.98 Å². The molecule has 166 valence electrons. The van der Waals surface area contributed by atoms with Gasteiger partial charge >= 0.3 is 0 Å². The number of halogens is 1. The van der Waals surface area contributed by atoms with E-state index in [2.05, 4.69) is 9.88 Å². The second-order valence-electron chi connectivity index (χ2n) is 7.70. The highest BCUT2D eigenvalue weighted by atomic mass is 35.5. The highest BCUT2D eigenvalue weighted by Crippen LogP contribution is 2.28. The number of nitrogens with zero attached hydrogens (tertiary/aromatic N) is 4. The van der Waals surface area contributed by atoms with Crippen LogP contribution in [-0.4, -0.2) is 53.6 Å². The smallest absolute Gasteiger partial charge is 0.254 e. The van der Waals surface area contributed by atoms with Crippen LogP contribution in [0.1, 0.15) is 5.69 Å². The van der Waals surface area contributed by atoms with Crippen molar-refractivity contribution >= 4 is 23.2 Å². The molecule has 2 aromatic carbocycles. The lowest BCUT2D eigenvalue weighted by Gasteiger charge is -2.36. The van der Waals surface area contributed by atoms with Crippen LogP contribution in [-0.2, 0) is 11.3 Å². The normalized spacial score (nSPS) is 13.8. The maximum absolute atomic E-state index is 13.1. The first-order valence-electron chi connectivity index (χ1n) is 10.5. The molecule has 32 heavy (non-hydrogen) atoms. The predicted octanol–water partition coefficient (Wildman–Crippen LogP) is 3.23. The van der Waals surface area contributed by atoms with Gasteiger partial charge in [-0.05, 0) is 31.2 Å². The maximum atomic E-state index is 13.1. The van der Waals surface area contributed by atoms with E-state index in [4.69, 9.17) is 16.3 Å². The second-order valence-corrected chi connectivity index (χ2v) is 8.13. The van der Waals surface area contributed by atoms with Crippen molar-refractivity contribution in [1.82, 2.24) is 14.5 Å². The summed E-state index contributed by atoms with van der Waals surface area (Å²) in [5, 5.41) is 0.545. The molecule has 0 saturated carbocycles. The third kappa shape index (κ3) is 4.62. The minimum atomic E-state index is -0.256. The van der Waals surface area contributed by atoms with Gasteiger partial charge in [0.25, 0.3) is 5.56 Å². The van der Waals surface area contributed by atoms with Gasteiger partial charge in [-0.15, -0.1) is 0 Å². The zero-order chi connectivity index (χ0) is 22.7. The van der Waals surface area contributed by atoms with Crippen molar-refractivity contribution in [2.75, 3.05) is 38.2 Å². The van der Waals surface area contributed by atoms with E-state index < -0.39 is 0 Å². The highest BCUT2D eigenvalue weighted by molar-refractivity contribution is 6.30. The number of amides is 1. The number of piperazine rings is 1. The van der Waals surface area contributed by atoms with Crippen molar-refractivity contribution in [3.8, 4) is 17.1 Å². The van der Waals surface area contributed by atoms with Crippen molar-refractivity contribution in [2.24, 2.45) is 0 Å². The van der Waals surface area contributed by atoms with E-state index in [0.29, 0.717) is 48.3 Å². The summed E-state index contributed by atoms with van der Waals surface area (Å²) < 4.78 is 6.89. The number of para-hydroxylation sites is 2. The average Bonchev–Trinajstić information content (AvgIpc) is 2.80. The third-order valence-electron chi connectivity index (χ3n) is 5.57. The van der Waals surface area contributed by atoms with E-state index in [1.165, 1.54) is 10.6 Å². The van der Waals surface area contributed by atoms with Crippen molar-refractivity contribution in [1.29, 1.82) is 0 Å². The van der Waals surface area contributed by atoms with Gasteiger partial charge in [-0.1, -0.05) is 35.9 Å². The molecule has 2 heterocycles. The molecule has 1 aliphatic rings. The fourth-order valence-electron chi connectivity index (χ4n) is 3.94. The first kappa shape index (κ1) is 21.9. The Kier molecular flexibility index (Phi) is 6.46. The van der Waals surface area contributed by atoms with Crippen LogP contribution in [0.4, 0.5) is 5.69 Å². The van der Waals surface area contributed by atoms with Crippen molar-refractivity contribution < 1.29 is 9.53 Å². The van der Waals surface area contributed by atoms with Crippen molar-refractivity contribution in [3.63, 3.8) is 0 Å². The van der Waals surface area contributed by atoms with Gasteiger partial charge in [0, 0.05) is 48.5 Å². The highest BCUT2D eigenvalue weighted by Gasteiger charge is 2.24. The first-order chi connectivity index (χ1) is 15.5. The minimum absolute atomic E-state index is 0.0668. The molecule has 0 spiro atoms. The van der Waals surface area contributed by atoms with Crippen LogP contribution in [0.5, 0.6) is 5.75 Å². The molecule has 0 radical (unpaired) electrons. The molecule has 1 aliphatic heterocycles. The topological polar surface area (TPSA) is 67.7 Å². The molecular formula is C24H25ClN4O3. The molecule has 1 aromatic heterocycles. The summed E-state index contributed by atoms with van der Waals surface area (Å²) in [4.78, 5) is 34.4. The maximum Gasteiger partial charge on any atom is 0.254 e. The molecule has 0 bridgehead atoms. The fraction of sp³-hybridized carbons (Fsp3) is 0.292. The summed E-state index contributed by atoms with van der Waals surface area (Å²) in [7, 11) is 1.66. The standard InChI is InChI=1S/C24H25ClN4O3/c1-17-14-22(30)29(24(26-17)18-6-5-7-19(25)15-18)16-23(31)28-12-10-27(11-13-28)20-8-3-4-9-21(20)32-2/h3-9,14-15H,10-13,16H2,1-2H3. The number of benzene rings is 2. The zero-order valence-corrected chi connectivity index (χ0v) is 18.9. The van der Waals surface area contributed by atoms with Gasteiger partial charge in [-0.3, -0.25) is 14.2 Å². The van der Waals surface area contributed by atoms with E-state index in [1.807, 2.05) is 30.3 Å². The number of ether oxygens (including phenoxy) is 1. The molecule has 7 nitrogen and oxygen atoms in total. The van der Waals surface area contributed by atoms with Gasteiger partial charge in [0.1, 0.15) is 18.1 Å². The molecule has 8 heteroatoms. The van der Waals surface area contributed by atoms with Gasteiger partial charge in [0.2, 0.25) is 5.91 Å². The van der Waals surface area contributed by atoms with Crippen LogP contribution in [0.2, 0.25) is 5.02 Å². The molecular weight excluding hydrogens is 428 g/mol. The summed E-state index contributed by atoms with van der Waals surface area (Å²) in [5.41, 5.74) is 2.06. The summed E-state index contributed by atoms with van der Waals surface area (Å²) >= 11 is 6.14. The first-order valence-corrected chi connectivity index (χ1v) is 10.8. The Morgan fingerprint density at radius 2 is 1.81 bits per heavy atom. The average molecular weight is 453 g/mol.